The molecule has 1 amide bonds. The van der Waals surface area contributed by atoms with Gasteiger partial charge in [0, 0.05) is 6.42 Å². The molecule has 2 atom stereocenters. The molecule has 8 nitrogen and oxygen atoms in total. The number of rotatable bonds is 6. The molecule has 2 unspecified atom stereocenters. The largest absolute Gasteiger partial charge is 0.460 e. The Morgan fingerprint density at radius 2 is 1.66 bits per heavy atom. The third kappa shape index (κ3) is 4.42. The summed E-state index contributed by atoms with van der Waals surface area (Å²) in [5.74, 6) is -1.76. The molecule has 0 saturated carbocycles. The van der Waals surface area contributed by atoms with E-state index >= 15 is 0 Å². The highest BCUT2D eigenvalue weighted by Gasteiger charge is 2.55. The number of esters is 1. The van der Waals surface area contributed by atoms with E-state index in [-0.39, 0.29) is 28.2 Å². The Morgan fingerprint density at radius 1 is 1.03 bits per heavy atom. The van der Waals surface area contributed by atoms with Crippen molar-refractivity contribution in [1.82, 2.24) is 0 Å². The summed E-state index contributed by atoms with van der Waals surface area (Å²) in [6, 6.07) is 11.6. The van der Waals surface area contributed by atoms with Crippen LogP contribution in [-0.4, -0.2) is 39.6 Å². The van der Waals surface area contributed by atoms with Crippen molar-refractivity contribution >= 4 is 31.6 Å². The molecule has 2 aromatic rings. The topological polar surface area (TPSA) is 138 Å². The van der Waals surface area contributed by atoms with E-state index in [9.17, 15) is 26.4 Å². The zero-order chi connectivity index (χ0) is 23.9. The van der Waals surface area contributed by atoms with Gasteiger partial charge in [0.25, 0.3) is 0 Å². The third-order valence-electron chi connectivity index (χ3n) is 5.06. The number of aryl methyl sites for hydroxylation is 1. The highest BCUT2D eigenvalue weighted by atomic mass is 32.2. The lowest BCUT2D eigenvalue weighted by atomic mass is 9.98. The van der Waals surface area contributed by atoms with Crippen LogP contribution in [0.4, 0.5) is 0 Å². The number of ether oxygens (including phenoxy) is 1. The number of hydrogen-bond acceptors (Lipinski definition) is 7. The van der Waals surface area contributed by atoms with Crippen LogP contribution in [0, 0.1) is 0 Å². The summed E-state index contributed by atoms with van der Waals surface area (Å²) in [6.45, 7) is 5.16. The Labute approximate surface area is 187 Å². The Hall–Kier alpha value is -2.72. The van der Waals surface area contributed by atoms with E-state index < -0.39 is 47.7 Å². The molecule has 2 N–H and O–H groups in total. The number of nitrogens with two attached hydrogens (primary N) is 1. The van der Waals surface area contributed by atoms with E-state index in [1.807, 2.05) is 0 Å². The molecule has 0 radical (unpaired) electrons. The summed E-state index contributed by atoms with van der Waals surface area (Å²) in [7, 11) is -8.65. The number of amides is 1. The Bertz CT molecular complexity index is 1260. The lowest BCUT2D eigenvalue weighted by molar-refractivity contribution is -0.154. The predicted molar refractivity (Wildman–Crippen MR) is 117 cm³/mol. The molecule has 0 saturated heterocycles. The predicted octanol–water partition coefficient (Wildman–Crippen LogP) is 2.12. The minimum absolute atomic E-state index is 0.0105. The van der Waals surface area contributed by atoms with Gasteiger partial charge in [0.2, 0.25) is 5.91 Å². The van der Waals surface area contributed by atoms with Crippen LogP contribution < -0.4 is 5.73 Å². The third-order valence-corrected chi connectivity index (χ3v) is 9.48. The summed E-state index contributed by atoms with van der Waals surface area (Å²) in [5, 5.41) is -3.68. The molecule has 1 heterocycles. The average molecular weight is 480 g/mol. The molecular formula is C22H25NO7S2. The molecule has 0 aromatic heterocycles. The van der Waals surface area contributed by atoms with Gasteiger partial charge in [-0.25, -0.2) is 16.8 Å². The van der Waals surface area contributed by atoms with Crippen LogP contribution in [0.5, 0.6) is 0 Å². The van der Waals surface area contributed by atoms with Gasteiger partial charge >= 0.3 is 5.97 Å². The number of fused-ring (bicyclic) bond motifs is 1. The summed E-state index contributed by atoms with van der Waals surface area (Å²) >= 11 is 0. The molecule has 172 valence electrons. The molecule has 0 spiro atoms. The lowest BCUT2D eigenvalue weighted by Crippen LogP contribution is -2.39. The molecule has 0 bridgehead atoms. The SMILES string of the molecule is CC(C)(C)OC(=O)CCc1cccc2c1C(S(=O)(=O)c1ccccc1)C(C(N)=O)S2(=O)=O. The first-order valence-electron chi connectivity index (χ1n) is 9.92. The van der Waals surface area contributed by atoms with Crippen molar-refractivity contribution in [3.63, 3.8) is 0 Å². The number of benzene rings is 2. The number of carbonyl (C=O) groups is 2. The molecule has 10 heteroatoms. The van der Waals surface area contributed by atoms with Crippen LogP contribution in [0.25, 0.3) is 0 Å². The van der Waals surface area contributed by atoms with Crippen molar-refractivity contribution in [3.05, 3.63) is 59.7 Å². The van der Waals surface area contributed by atoms with E-state index in [0.717, 1.165) is 0 Å². The summed E-state index contributed by atoms with van der Waals surface area (Å²) < 4.78 is 58.6. The van der Waals surface area contributed by atoms with Gasteiger partial charge in [0.05, 0.1) is 9.79 Å². The number of hydrogen-bond donors (Lipinski definition) is 1. The summed E-state index contributed by atoms with van der Waals surface area (Å²) in [4.78, 5) is 24.0. The standard InChI is InChI=1S/C22H25NO7S2/c1-22(2,3)30-17(24)13-12-14-8-7-11-16-18(14)19(20(21(23)25)32(16,28)29)31(26,27)15-9-5-4-6-10-15/h4-11,19-20H,12-13H2,1-3H3,(H2,23,25). The Kier molecular flexibility index (Phi) is 6.23. The van der Waals surface area contributed by atoms with Crippen LogP contribution in [0.1, 0.15) is 43.6 Å². The minimum atomic E-state index is -4.35. The van der Waals surface area contributed by atoms with Gasteiger partial charge in [-0.3, -0.25) is 9.59 Å². The van der Waals surface area contributed by atoms with Crippen molar-refractivity contribution in [2.45, 2.75) is 59.5 Å². The molecule has 1 aliphatic rings. The van der Waals surface area contributed by atoms with Crippen molar-refractivity contribution < 1.29 is 31.2 Å². The first-order valence-corrected chi connectivity index (χ1v) is 13.0. The normalized spacial score (nSPS) is 19.8. The smallest absolute Gasteiger partial charge is 0.306 e. The maximum atomic E-state index is 13.5. The molecule has 3 rings (SSSR count). The maximum absolute atomic E-state index is 13.5. The minimum Gasteiger partial charge on any atom is -0.460 e. The second-order valence-electron chi connectivity index (χ2n) is 8.56. The summed E-state index contributed by atoms with van der Waals surface area (Å²) in [6.07, 6.45) is -0.0486. The fourth-order valence-corrected chi connectivity index (χ4v) is 8.54. The average Bonchev–Trinajstić information content (AvgIpc) is 2.94. The van der Waals surface area contributed by atoms with E-state index in [1.165, 1.54) is 36.4 Å². The zero-order valence-corrected chi connectivity index (χ0v) is 19.6. The highest BCUT2D eigenvalue weighted by molar-refractivity contribution is 7.97. The second-order valence-corrected chi connectivity index (χ2v) is 12.7. The highest BCUT2D eigenvalue weighted by Crippen LogP contribution is 2.47. The maximum Gasteiger partial charge on any atom is 0.306 e. The van der Waals surface area contributed by atoms with Gasteiger partial charge in [0.1, 0.15) is 10.9 Å². The van der Waals surface area contributed by atoms with Crippen molar-refractivity contribution in [2.75, 3.05) is 0 Å². The van der Waals surface area contributed by atoms with Gasteiger partial charge in [-0.2, -0.15) is 0 Å². The lowest BCUT2D eigenvalue weighted by Gasteiger charge is -2.21. The first-order chi connectivity index (χ1) is 14.8. The van der Waals surface area contributed by atoms with Gasteiger partial charge in [-0.15, -0.1) is 0 Å². The monoisotopic (exact) mass is 479 g/mol. The summed E-state index contributed by atoms with van der Waals surface area (Å²) in [5.41, 5.74) is 5.03. The van der Waals surface area contributed by atoms with Crippen molar-refractivity contribution in [2.24, 2.45) is 5.73 Å². The van der Waals surface area contributed by atoms with E-state index in [1.54, 1.807) is 32.9 Å². The number of sulfone groups is 2. The fraction of sp³-hybridized carbons (Fsp3) is 0.364. The van der Waals surface area contributed by atoms with Crippen LogP contribution >= 0.6 is 0 Å². The molecule has 32 heavy (non-hydrogen) atoms. The van der Waals surface area contributed by atoms with Gasteiger partial charge in [-0.05, 0) is 56.5 Å². The second kappa shape index (κ2) is 8.32. The molecule has 0 aliphatic carbocycles. The first kappa shape index (κ1) is 23.9. The quantitative estimate of drug-likeness (QED) is 0.626. The Morgan fingerprint density at radius 3 is 2.22 bits per heavy atom. The number of primary amides is 1. The molecule has 0 fully saturated rings. The van der Waals surface area contributed by atoms with Gasteiger partial charge < -0.3 is 10.5 Å². The van der Waals surface area contributed by atoms with Crippen molar-refractivity contribution in [1.29, 1.82) is 0 Å². The molecule has 1 aliphatic heterocycles. The molecule has 2 aromatic carbocycles. The zero-order valence-electron chi connectivity index (χ0n) is 17.9. The molecular weight excluding hydrogens is 454 g/mol. The van der Waals surface area contributed by atoms with Crippen molar-refractivity contribution in [3.8, 4) is 0 Å². The number of carbonyl (C=O) groups excluding carboxylic acids is 2. The van der Waals surface area contributed by atoms with Crippen LogP contribution in [0.3, 0.4) is 0 Å². The van der Waals surface area contributed by atoms with E-state index in [4.69, 9.17) is 10.5 Å². The van der Waals surface area contributed by atoms with Gasteiger partial charge in [-0.1, -0.05) is 30.3 Å². The van der Waals surface area contributed by atoms with E-state index in [2.05, 4.69) is 0 Å². The van der Waals surface area contributed by atoms with Crippen LogP contribution in [0.2, 0.25) is 0 Å². The van der Waals surface area contributed by atoms with Gasteiger partial charge in [0.15, 0.2) is 24.9 Å². The van der Waals surface area contributed by atoms with Crippen LogP contribution in [0.15, 0.2) is 58.3 Å². The fourth-order valence-electron chi connectivity index (χ4n) is 3.84. The van der Waals surface area contributed by atoms with E-state index in [0.29, 0.717) is 5.56 Å². The van der Waals surface area contributed by atoms with Crippen LogP contribution in [-0.2, 0) is 40.4 Å². The Balaban J connectivity index is 2.14.